The fourth-order valence-electron chi connectivity index (χ4n) is 2.23. The molecule has 0 saturated heterocycles. The van der Waals surface area contributed by atoms with Crippen molar-refractivity contribution in [3.63, 3.8) is 0 Å². The van der Waals surface area contributed by atoms with E-state index in [9.17, 15) is 0 Å². The lowest BCUT2D eigenvalue weighted by Gasteiger charge is -2.11. The van der Waals surface area contributed by atoms with E-state index < -0.39 is 0 Å². The molecule has 1 aromatic carbocycles. The highest BCUT2D eigenvalue weighted by Gasteiger charge is 2.00. The summed E-state index contributed by atoms with van der Waals surface area (Å²) < 4.78 is 0. The van der Waals surface area contributed by atoms with Gasteiger partial charge in [0.25, 0.3) is 0 Å². The molecule has 3 N–H and O–H groups in total. The molecule has 2 aromatic rings. The number of aliphatic imine (C=N–C) groups is 1. The molecule has 0 aliphatic heterocycles. The summed E-state index contributed by atoms with van der Waals surface area (Å²) in [5.41, 5.74) is 2.30. The van der Waals surface area contributed by atoms with Gasteiger partial charge in [-0.2, -0.15) is 0 Å². The van der Waals surface area contributed by atoms with Gasteiger partial charge in [0.2, 0.25) is 0 Å². The van der Waals surface area contributed by atoms with E-state index in [1.807, 2.05) is 25.1 Å². The zero-order chi connectivity index (χ0) is 17.0. The first-order chi connectivity index (χ1) is 11.8. The van der Waals surface area contributed by atoms with Gasteiger partial charge >= 0.3 is 0 Å². The summed E-state index contributed by atoms with van der Waals surface area (Å²) in [7, 11) is 0. The van der Waals surface area contributed by atoms with E-state index in [2.05, 4.69) is 50.4 Å². The number of hydrogen-bond acceptors (Lipinski definition) is 4. The van der Waals surface area contributed by atoms with Crippen LogP contribution in [0.3, 0.4) is 0 Å². The number of benzene rings is 1. The van der Waals surface area contributed by atoms with Gasteiger partial charge in [0.1, 0.15) is 0 Å². The number of aryl methyl sites for hydroxylation is 1. The van der Waals surface area contributed by atoms with Crippen molar-refractivity contribution in [2.75, 3.05) is 31.5 Å². The van der Waals surface area contributed by atoms with Crippen molar-refractivity contribution in [2.45, 2.75) is 26.7 Å². The smallest absolute Gasteiger partial charge is 0.191 e. The van der Waals surface area contributed by atoms with Crippen molar-refractivity contribution in [3.8, 4) is 0 Å². The third-order valence-electron chi connectivity index (χ3n) is 3.39. The topological polar surface area (TPSA) is 61.3 Å². The SMILES string of the molecule is CCNC(=NCCCNc1ccccc1)NCCc1csc(C)n1.I. The molecule has 0 aliphatic carbocycles. The van der Waals surface area contributed by atoms with Crippen LogP contribution in [-0.4, -0.2) is 37.1 Å². The minimum absolute atomic E-state index is 0. The Hall–Kier alpha value is -1.35. The van der Waals surface area contributed by atoms with Crippen LogP contribution in [0, 0.1) is 6.92 Å². The molecule has 0 radical (unpaired) electrons. The summed E-state index contributed by atoms with van der Waals surface area (Å²) in [4.78, 5) is 9.10. The highest BCUT2D eigenvalue weighted by atomic mass is 127. The highest BCUT2D eigenvalue weighted by Crippen LogP contribution is 2.07. The molecule has 0 saturated carbocycles. The molecule has 25 heavy (non-hydrogen) atoms. The lowest BCUT2D eigenvalue weighted by Crippen LogP contribution is -2.38. The van der Waals surface area contributed by atoms with Crippen LogP contribution in [-0.2, 0) is 6.42 Å². The summed E-state index contributed by atoms with van der Waals surface area (Å²) in [6.07, 6.45) is 1.92. The van der Waals surface area contributed by atoms with Crippen LogP contribution < -0.4 is 16.0 Å². The lowest BCUT2D eigenvalue weighted by atomic mass is 10.3. The number of thiazole rings is 1. The maximum atomic E-state index is 4.62. The first-order valence-corrected chi connectivity index (χ1v) is 9.38. The third-order valence-corrected chi connectivity index (χ3v) is 4.21. The average Bonchev–Trinajstić information content (AvgIpc) is 3.01. The Morgan fingerprint density at radius 1 is 1.16 bits per heavy atom. The predicted molar refractivity (Wildman–Crippen MR) is 120 cm³/mol. The van der Waals surface area contributed by atoms with E-state index in [-0.39, 0.29) is 24.0 Å². The Balaban J connectivity index is 0.00000312. The lowest BCUT2D eigenvalue weighted by molar-refractivity contribution is 0.780. The Kier molecular flexibility index (Phi) is 11.2. The first kappa shape index (κ1) is 21.7. The minimum Gasteiger partial charge on any atom is -0.385 e. The average molecular weight is 473 g/mol. The molecule has 0 aliphatic rings. The van der Waals surface area contributed by atoms with Crippen LogP contribution in [0.15, 0.2) is 40.7 Å². The van der Waals surface area contributed by atoms with Crippen LogP contribution in [0.5, 0.6) is 0 Å². The second kappa shape index (κ2) is 12.9. The molecule has 0 amide bonds. The number of anilines is 1. The molecule has 0 fully saturated rings. The third kappa shape index (κ3) is 9.06. The van der Waals surface area contributed by atoms with Gasteiger partial charge in [0.05, 0.1) is 10.7 Å². The van der Waals surface area contributed by atoms with Crippen LogP contribution >= 0.6 is 35.3 Å². The molecule has 0 spiro atoms. The van der Waals surface area contributed by atoms with Gasteiger partial charge in [-0.1, -0.05) is 18.2 Å². The number of halogens is 1. The van der Waals surface area contributed by atoms with E-state index in [4.69, 9.17) is 0 Å². The molecule has 1 heterocycles. The van der Waals surface area contributed by atoms with Gasteiger partial charge in [-0.3, -0.25) is 4.99 Å². The molecular weight excluding hydrogens is 445 g/mol. The van der Waals surface area contributed by atoms with E-state index in [1.165, 1.54) is 0 Å². The summed E-state index contributed by atoms with van der Waals surface area (Å²) in [6.45, 7) is 7.55. The number of guanidine groups is 1. The highest BCUT2D eigenvalue weighted by molar-refractivity contribution is 14.0. The van der Waals surface area contributed by atoms with Crippen LogP contribution in [0.25, 0.3) is 0 Å². The summed E-state index contributed by atoms with van der Waals surface area (Å²) in [5, 5.41) is 13.3. The summed E-state index contributed by atoms with van der Waals surface area (Å²) >= 11 is 1.70. The van der Waals surface area contributed by atoms with Crippen LogP contribution in [0.4, 0.5) is 5.69 Å². The molecule has 1 aromatic heterocycles. The van der Waals surface area contributed by atoms with Crippen molar-refractivity contribution in [1.82, 2.24) is 15.6 Å². The second-order valence-corrected chi connectivity index (χ2v) is 6.50. The standard InChI is InChI=1S/C18H27N5S.HI/c1-3-19-18(22-13-10-17-14-24-15(2)23-17)21-12-7-11-20-16-8-5-4-6-9-16;/h4-6,8-9,14,20H,3,7,10-13H2,1-2H3,(H2,19,21,22);1H. The fourth-order valence-corrected chi connectivity index (χ4v) is 2.88. The number of aromatic nitrogens is 1. The number of nitrogens with one attached hydrogen (secondary N) is 3. The Labute approximate surface area is 171 Å². The summed E-state index contributed by atoms with van der Waals surface area (Å²) in [6, 6.07) is 10.3. The molecular formula is C18H28IN5S. The minimum atomic E-state index is 0. The van der Waals surface area contributed by atoms with Crippen LogP contribution in [0.1, 0.15) is 24.0 Å². The largest absolute Gasteiger partial charge is 0.385 e. The first-order valence-electron chi connectivity index (χ1n) is 8.50. The molecule has 0 atom stereocenters. The predicted octanol–water partition coefficient (Wildman–Crippen LogP) is 3.67. The van der Waals surface area contributed by atoms with E-state index >= 15 is 0 Å². The molecule has 5 nitrogen and oxygen atoms in total. The number of rotatable bonds is 9. The van der Waals surface area contributed by atoms with Gasteiger partial charge in [-0.25, -0.2) is 4.98 Å². The van der Waals surface area contributed by atoms with E-state index in [0.717, 1.165) is 61.4 Å². The molecule has 138 valence electrons. The zero-order valence-corrected chi connectivity index (χ0v) is 18.1. The van der Waals surface area contributed by atoms with Gasteiger partial charge in [0.15, 0.2) is 5.96 Å². The Morgan fingerprint density at radius 2 is 1.96 bits per heavy atom. The Morgan fingerprint density at radius 3 is 2.64 bits per heavy atom. The number of hydrogen-bond donors (Lipinski definition) is 3. The van der Waals surface area contributed by atoms with Gasteiger partial charge in [-0.05, 0) is 32.4 Å². The normalized spacial score (nSPS) is 10.9. The molecule has 7 heteroatoms. The molecule has 0 unspecified atom stereocenters. The molecule has 0 bridgehead atoms. The van der Waals surface area contributed by atoms with E-state index in [1.54, 1.807) is 11.3 Å². The van der Waals surface area contributed by atoms with E-state index in [0.29, 0.717) is 0 Å². The maximum Gasteiger partial charge on any atom is 0.191 e. The monoisotopic (exact) mass is 473 g/mol. The van der Waals surface area contributed by atoms with Gasteiger partial charge in [0, 0.05) is 43.7 Å². The maximum absolute atomic E-state index is 4.62. The summed E-state index contributed by atoms with van der Waals surface area (Å²) in [5.74, 6) is 0.879. The van der Waals surface area contributed by atoms with Gasteiger partial charge < -0.3 is 16.0 Å². The van der Waals surface area contributed by atoms with Gasteiger partial charge in [-0.15, -0.1) is 35.3 Å². The van der Waals surface area contributed by atoms with Crippen molar-refractivity contribution in [1.29, 1.82) is 0 Å². The van der Waals surface area contributed by atoms with Crippen molar-refractivity contribution < 1.29 is 0 Å². The number of nitrogens with zero attached hydrogens (tertiary/aromatic N) is 2. The second-order valence-electron chi connectivity index (χ2n) is 5.44. The molecule has 2 rings (SSSR count). The van der Waals surface area contributed by atoms with Crippen molar-refractivity contribution >= 4 is 47.0 Å². The van der Waals surface area contributed by atoms with Crippen molar-refractivity contribution in [3.05, 3.63) is 46.4 Å². The fraction of sp³-hybridized carbons (Fsp3) is 0.444. The quantitative estimate of drug-likeness (QED) is 0.225. The van der Waals surface area contributed by atoms with Crippen LogP contribution in [0.2, 0.25) is 0 Å². The van der Waals surface area contributed by atoms with Crippen molar-refractivity contribution in [2.24, 2.45) is 4.99 Å². The number of para-hydroxylation sites is 1. The zero-order valence-electron chi connectivity index (χ0n) is 14.9. The Bertz CT molecular complexity index is 615.